The van der Waals surface area contributed by atoms with Crippen molar-refractivity contribution >= 4 is 28.3 Å². The molecule has 2 aromatic carbocycles. The van der Waals surface area contributed by atoms with Gasteiger partial charge in [-0.1, -0.05) is 41.9 Å². The van der Waals surface area contributed by atoms with Crippen LogP contribution in [0.3, 0.4) is 0 Å². The van der Waals surface area contributed by atoms with Crippen molar-refractivity contribution in [3.8, 4) is 0 Å². The minimum absolute atomic E-state index is 0.118. The molecule has 3 nitrogen and oxygen atoms in total. The number of nitrogens with zero attached hydrogens (tertiary/aromatic N) is 1. The predicted octanol–water partition coefficient (Wildman–Crippen LogP) is 3.85. The van der Waals surface area contributed by atoms with Crippen LogP contribution >= 0.6 is 11.6 Å². The van der Waals surface area contributed by atoms with Gasteiger partial charge in [-0.05, 0) is 36.7 Å². The molecule has 0 aliphatic rings. The monoisotopic (exact) mass is 326 g/mol. The number of benzene rings is 2. The molecular weight excluding hydrogens is 308 g/mol. The van der Waals surface area contributed by atoms with Gasteiger partial charge in [0, 0.05) is 34.7 Å². The maximum absolute atomic E-state index is 12.4. The fourth-order valence-corrected chi connectivity index (χ4v) is 3.00. The summed E-state index contributed by atoms with van der Waals surface area (Å²) in [4.78, 5) is 12.4. The summed E-state index contributed by atoms with van der Waals surface area (Å²) in [6.45, 7) is 1.09. The fourth-order valence-electron chi connectivity index (χ4n) is 2.79. The third kappa shape index (κ3) is 3.63. The molecule has 0 unspecified atom stereocenters. The lowest BCUT2D eigenvalue weighted by Crippen LogP contribution is -2.25. The van der Waals surface area contributed by atoms with Crippen molar-refractivity contribution in [1.29, 1.82) is 0 Å². The number of Topliss-reactive ketones (excluding diaryl/α,β-unsaturated/α-hetero) is 1. The highest BCUT2D eigenvalue weighted by Crippen LogP contribution is 2.20. The number of carbonyl (C=O) groups is 1. The van der Waals surface area contributed by atoms with E-state index in [4.69, 9.17) is 11.6 Å². The van der Waals surface area contributed by atoms with Gasteiger partial charge in [-0.25, -0.2) is 0 Å². The Bertz CT molecular complexity index is 838. The van der Waals surface area contributed by atoms with Crippen LogP contribution in [0.15, 0.2) is 54.7 Å². The van der Waals surface area contributed by atoms with Gasteiger partial charge in [0.1, 0.15) is 0 Å². The van der Waals surface area contributed by atoms with Gasteiger partial charge in [-0.15, -0.1) is 0 Å². The van der Waals surface area contributed by atoms with Crippen LogP contribution in [0.2, 0.25) is 5.02 Å². The summed E-state index contributed by atoms with van der Waals surface area (Å²) >= 11 is 5.97. The van der Waals surface area contributed by atoms with Crippen LogP contribution in [0.5, 0.6) is 0 Å². The Kier molecular flexibility index (Phi) is 4.79. The summed E-state index contributed by atoms with van der Waals surface area (Å²) in [5, 5.41) is 4.98. The highest BCUT2D eigenvalue weighted by atomic mass is 35.5. The molecule has 0 saturated heterocycles. The molecule has 1 aromatic heterocycles. The number of aryl methyl sites for hydroxylation is 1. The lowest BCUT2D eigenvalue weighted by molar-refractivity contribution is 0.0993. The van der Waals surface area contributed by atoms with E-state index in [9.17, 15) is 4.79 Å². The number of hydrogen-bond acceptors (Lipinski definition) is 2. The molecule has 0 fully saturated rings. The molecular formula is C19H19ClN2O. The minimum Gasteiger partial charge on any atom is -0.350 e. The summed E-state index contributed by atoms with van der Waals surface area (Å²) in [6, 6.07) is 15.8. The zero-order valence-electron chi connectivity index (χ0n) is 13.1. The van der Waals surface area contributed by atoms with E-state index in [1.165, 1.54) is 5.56 Å². The summed E-state index contributed by atoms with van der Waals surface area (Å²) in [7, 11) is 1.96. The molecule has 0 bridgehead atoms. The van der Waals surface area contributed by atoms with E-state index >= 15 is 0 Å². The van der Waals surface area contributed by atoms with Crippen LogP contribution in [-0.2, 0) is 13.5 Å². The number of carbonyl (C=O) groups excluding carboxylic acids is 1. The van der Waals surface area contributed by atoms with Crippen LogP contribution in [0, 0.1) is 0 Å². The van der Waals surface area contributed by atoms with Crippen LogP contribution in [0.4, 0.5) is 0 Å². The van der Waals surface area contributed by atoms with Crippen LogP contribution < -0.4 is 5.32 Å². The van der Waals surface area contributed by atoms with Crippen molar-refractivity contribution < 1.29 is 4.79 Å². The molecule has 118 valence electrons. The van der Waals surface area contributed by atoms with E-state index in [1.54, 1.807) is 0 Å². The average molecular weight is 327 g/mol. The van der Waals surface area contributed by atoms with Gasteiger partial charge in [0.05, 0.1) is 6.54 Å². The number of halogens is 1. The Morgan fingerprint density at radius 3 is 2.83 bits per heavy atom. The van der Waals surface area contributed by atoms with Gasteiger partial charge < -0.3 is 9.88 Å². The highest BCUT2D eigenvalue weighted by molar-refractivity contribution is 6.30. The molecule has 23 heavy (non-hydrogen) atoms. The molecule has 3 rings (SSSR count). The van der Waals surface area contributed by atoms with Crippen LogP contribution in [0.25, 0.3) is 10.9 Å². The van der Waals surface area contributed by atoms with Gasteiger partial charge in [0.2, 0.25) is 0 Å². The summed E-state index contributed by atoms with van der Waals surface area (Å²) in [5.74, 6) is 0.118. The number of aromatic nitrogens is 1. The van der Waals surface area contributed by atoms with Crippen LogP contribution in [0.1, 0.15) is 15.9 Å². The second kappa shape index (κ2) is 6.99. The quantitative estimate of drug-likeness (QED) is 0.551. The predicted molar refractivity (Wildman–Crippen MR) is 95.3 cm³/mol. The molecule has 0 aliphatic heterocycles. The summed E-state index contributed by atoms with van der Waals surface area (Å²) < 4.78 is 1.99. The molecule has 0 spiro atoms. The standard InChI is InChI=1S/C19H19ClN2O/c1-22-13-17(16-7-2-3-8-18(16)22)19(23)12-21-10-9-14-5-4-6-15(20)11-14/h2-8,11,13,21H,9-10,12H2,1H3. The molecule has 4 heteroatoms. The van der Waals surface area contributed by atoms with Crippen molar-refractivity contribution in [2.45, 2.75) is 6.42 Å². The van der Waals surface area contributed by atoms with E-state index < -0.39 is 0 Å². The SMILES string of the molecule is Cn1cc(C(=O)CNCCc2cccc(Cl)c2)c2ccccc21. The van der Waals surface area contributed by atoms with E-state index in [0.717, 1.165) is 34.5 Å². The van der Waals surface area contributed by atoms with Crippen molar-refractivity contribution in [2.75, 3.05) is 13.1 Å². The first-order valence-corrected chi connectivity index (χ1v) is 8.05. The number of hydrogen-bond donors (Lipinski definition) is 1. The Morgan fingerprint density at radius 1 is 1.17 bits per heavy atom. The Hall–Kier alpha value is -2.10. The number of rotatable bonds is 6. The molecule has 0 saturated carbocycles. The van der Waals surface area contributed by atoms with Crippen molar-refractivity contribution in [3.63, 3.8) is 0 Å². The molecule has 3 aromatic rings. The lowest BCUT2D eigenvalue weighted by Gasteiger charge is -2.04. The number of nitrogens with one attached hydrogen (secondary N) is 1. The molecule has 0 aliphatic carbocycles. The first-order chi connectivity index (χ1) is 11.1. The first-order valence-electron chi connectivity index (χ1n) is 7.67. The van der Waals surface area contributed by atoms with Gasteiger partial charge in [0.25, 0.3) is 0 Å². The van der Waals surface area contributed by atoms with E-state index in [-0.39, 0.29) is 5.78 Å². The number of ketones is 1. The Morgan fingerprint density at radius 2 is 2.00 bits per heavy atom. The molecule has 1 heterocycles. The lowest BCUT2D eigenvalue weighted by atomic mass is 10.1. The third-order valence-corrected chi connectivity index (χ3v) is 4.20. The molecule has 0 amide bonds. The normalized spacial score (nSPS) is 11.0. The fraction of sp³-hybridized carbons (Fsp3) is 0.211. The van der Waals surface area contributed by atoms with E-state index in [1.807, 2.05) is 66.3 Å². The van der Waals surface area contributed by atoms with Gasteiger partial charge in [-0.2, -0.15) is 0 Å². The van der Waals surface area contributed by atoms with E-state index in [2.05, 4.69) is 5.32 Å². The second-order valence-corrected chi connectivity index (χ2v) is 6.09. The smallest absolute Gasteiger partial charge is 0.178 e. The van der Waals surface area contributed by atoms with Crippen molar-refractivity contribution in [2.24, 2.45) is 7.05 Å². The third-order valence-electron chi connectivity index (χ3n) is 3.96. The van der Waals surface area contributed by atoms with Gasteiger partial charge in [0.15, 0.2) is 5.78 Å². The maximum Gasteiger partial charge on any atom is 0.178 e. The zero-order valence-corrected chi connectivity index (χ0v) is 13.8. The van der Waals surface area contributed by atoms with Crippen molar-refractivity contribution in [3.05, 3.63) is 70.9 Å². The molecule has 0 radical (unpaired) electrons. The number of para-hydroxylation sites is 1. The second-order valence-electron chi connectivity index (χ2n) is 5.65. The Balaban J connectivity index is 1.59. The van der Waals surface area contributed by atoms with Crippen molar-refractivity contribution in [1.82, 2.24) is 9.88 Å². The Labute approximate surface area is 140 Å². The molecule has 0 atom stereocenters. The minimum atomic E-state index is 0.118. The first kappa shape index (κ1) is 15.8. The zero-order chi connectivity index (χ0) is 16.2. The van der Waals surface area contributed by atoms with Gasteiger partial charge >= 0.3 is 0 Å². The topological polar surface area (TPSA) is 34.0 Å². The van der Waals surface area contributed by atoms with Gasteiger partial charge in [-0.3, -0.25) is 4.79 Å². The average Bonchev–Trinajstić information content (AvgIpc) is 2.89. The van der Waals surface area contributed by atoms with E-state index in [0.29, 0.717) is 6.54 Å². The molecule has 1 N–H and O–H groups in total. The maximum atomic E-state index is 12.4. The number of fused-ring (bicyclic) bond motifs is 1. The summed E-state index contributed by atoms with van der Waals surface area (Å²) in [6.07, 6.45) is 2.76. The largest absolute Gasteiger partial charge is 0.350 e. The highest BCUT2D eigenvalue weighted by Gasteiger charge is 2.12. The van der Waals surface area contributed by atoms with Crippen LogP contribution in [-0.4, -0.2) is 23.4 Å². The summed E-state index contributed by atoms with van der Waals surface area (Å²) in [5.41, 5.74) is 3.02.